The predicted molar refractivity (Wildman–Crippen MR) is 111 cm³/mol. The average Bonchev–Trinajstić information content (AvgIpc) is 2.69. The fourth-order valence-electron chi connectivity index (χ4n) is 2.80. The molecule has 0 unspecified atom stereocenters. The Morgan fingerprint density at radius 1 is 1.07 bits per heavy atom. The van der Waals surface area contributed by atoms with Gasteiger partial charge in [0.2, 0.25) is 5.91 Å². The zero-order chi connectivity index (χ0) is 20.5. The predicted octanol–water partition coefficient (Wildman–Crippen LogP) is 3.63. The summed E-state index contributed by atoms with van der Waals surface area (Å²) in [4.78, 5) is 27.0. The number of nitrogens with zero attached hydrogens (tertiary/aromatic N) is 1. The molecule has 1 atom stereocenters. The van der Waals surface area contributed by atoms with E-state index in [1.165, 1.54) is 0 Å². The lowest BCUT2D eigenvalue weighted by molar-refractivity contribution is -0.142. The summed E-state index contributed by atoms with van der Waals surface area (Å²) in [6, 6.07) is 14.9. The molecule has 5 nitrogen and oxygen atoms in total. The van der Waals surface area contributed by atoms with Gasteiger partial charge in [0.15, 0.2) is 6.61 Å². The third-order valence-electron chi connectivity index (χ3n) is 4.54. The summed E-state index contributed by atoms with van der Waals surface area (Å²) >= 11 is 0. The van der Waals surface area contributed by atoms with E-state index in [0.717, 1.165) is 23.1 Å². The number of carbonyl (C=O) groups is 2. The summed E-state index contributed by atoms with van der Waals surface area (Å²) in [5, 5.41) is 2.87. The van der Waals surface area contributed by atoms with Crippen LogP contribution in [0, 0.1) is 13.8 Å². The number of amides is 2. The lowest BCUT2D eigenvalue weighted by Crippen LogP contribution is -2.49. The number of aryl methyl sites for hydroxylation is 2. The normalized spacial score (nSPS) is 11.6. The monoisotopic (exact) mass is 382 g/mol. The second-order valence-electron chi connectivity index (χ2n) is 7.08. The molecule has 150 valence electrons. The molecule has 0 fully saturated rings. The Kier molecular flexibility index (Phi) is 8.05. The summed E-state index contributed by atoms with van der Waals surface area (Å²) < 4.78 is 5.67. The van der Waals surface area contributed by atoms with Crippen molar-refractivity contribution in [2.24, 2.45) is 0 Å². The minimum atomic E-state index is -0.582. The fourth-order valence-corrected chi connectivity index (χ4v) is 2.80. The molecule has 0 heterocycles. The largest absolute Gasteiger partial charge is 0.484 e. The van der Waals surface area contributed by atoms with Crippen molar-refractivity contribution >= 4 is 11.8 Å². The van der Waals surface area contributed by atoms with E-state index in [1.54, 1.807) is 11.8 Å². The van der Waals surface area contributed by atoms with E-state index >= 15 is 0 Å². The SMILES string of the molecule is CCCNC(=O)[C@@H](C)N(Cc1ccc(C)cc1)C(=O)COc1cccc(C)c1. The van der Waals surface area contributed by atoms with Gasteiger partial charge in [0.25, 0.3) is 5.91 Å². The molecule has 0 radical (unpaired) electrons. The number of carbonyl (C=O) groups excluding carboxylic acids is 2. The first-order chi connectivity index (χ1) is 13.4. The van der Waals surface area contributed by atoms with Crippen LogP contribution in [0.4, 0.5) is 0 Å². The van der Waals surface area contributed by atoms with Crippen molar-refractivity contribution in [3.63, 3.8) is 0 Å². The highest BCUT2D eigenvalue weighted by Crippen LogP contribution is 2.14. The highest BCUT2D eigenvalue weighted by atomic mass is 16.5. The van der Waals surface area contributed by atoms with Crippen LogP contribution in [0.15, 0.2) is 48.5 Å². The molecular formula is C23H30N2O3. The van der Waals surface area contributed by atoms with Gasteiger partial charge in [-0.3, -0.25) is 9.59 Å². The molecule has 2 amide bonds. The van der Waals surface area contributed by atoms with Gasteiger partial charge in [-0.1, -0.05) is 48.9 Å². The molecular weight excluding hydrogens is 352 g/mol. The van der Waals surface area contributed by atoms with Crippen LogP contribution >= 0.6 is 0 Å². The van der Waals surface area contributed by atoms with Gasteiger partial charge in [0.1, 0.15) is 11.8 Å². The third-order valence-corrected chi connectivity index (χ3v) is 4.54. The van der Waals surface area contributed by atoms with Crippen molar-refractivity contribution in [2.75, 3.05) is 13.2 Å². The maximum Gasteiger partial charge on any atom is 0.261 e. The summed E-state index contributed by atoms with van der Waals surface area (Å²) in [5.74, 6) is 0.269. The average molecular weight is 383 g/mol. The van der Waals surface area contributed by atoms with Crippen molar-refractivity contribution in [1.29, 1.82) is 0 Å². The van der Waals surface area contributed by atoms with Crippen LogP contribution in [-0.4, -0.2) is 35.9 Å². The Hall–Kier alpha value is -2.82. The summed E-state index contributed by atoms with van der Waals surface area (Å²) in [6.07, 6.45) is 0.848. The quantitative estimate of drug-likeness (QED) is 0.721. The van der Waals surface area contributed by atoms with E-state index in [2.05, 4.69) is 5.32 Å². The molecule has 0 bridgehead atoms. The standard InChI is InChI=1S/C23H30N2O3/c1-5-13-24-23(27)19(4)25(15-20-11-9-17(2)10-12-20)22(26)16-28-21-8-6-7-18(3)14-21/h6-12,14,19H,5,13,15-16H2,1-4H3,(H,24,27)/t19-/m1/s1. The van der Waals surface area contributed by atoms with Gasteiger partial charge < -0.3 is 15.0 Å². The number of hydrogen-bond acceptors (Lipinski definition) is 3. The molecule has 1 N–H and O–H groups in total. The Bertz CT molecular complexity index is 787. The zero-order valence-electron chi connectivity index (χ0n) is 17.2. The molecule has 0 saturated carbocycles. The van der Waals surface area contributed by atoms with E-state index in [1.807, 2.05) is 69.3 Å². The first-order valence-corrected chi connectivity index (χ1v) is 9.73. The highest BCUT2D eigenvalue weighted by Gasteiger charge is 2.26. The molecule has 2 aromatic carbocycles. The van der Waals surface area contributed by atoms with Crippen molar-refractivity contribution in [2.45, 2.75) is 46.7 Å². The summed E-state index contributed by atoms with van der Waals surface area (Å²) in [5.41, 5.74) is 3.19. The van der Waals surface area contributed by atoms with Crippen LogP contribution in [-0.2, 0) is 16.1 Å². The van der Waals surface area contributed by atoms with Gasteiger partial charge in [0.05, 0.1) is 0 Å². The van der Waals surface area contributed by atoms with Gasteiger partial charge in [-0.05, 0) is 50.5 Å². The fraction of sp³-hybridized carbons (Fsp3) is 0.391. The van der Waals surface area contributed by atoms with Gasteiger partial charge in [-0.15, -0.1) is 0 Å². The Morgan fingerprint density at radius 3 is 2.43 bits per heavy atom. The van der Waals surface area contributed by atoms with Gasteiger partial charge in [0, 0.05) is 13.1 Å². The second kappa shape index (κ2) is 10.5. The third kappa shape index (κ3) is 6.41. The number of ether oxygens (including phenoxy) is 1. The molecule has 28 heavy (non-hydrogen) atoms. The molecule has 0 aliphatic heterocycles. The van der Waals surface area contributed by atoms with Crippen LogP contribution in [0.5, 0.6) is 5.75 Å². The Labute approximate surface area is 167 Å². The molecule has 5 heteroatoms. The number of rotatable bonds is 9. The summed E-state index contributed by atoms with van der Waals surface area (Å²) in [6.45, 7) is 8.58. The smallest absolute Gasteiger partial charge is 0.261 e. The van der Waals surface area contributed by atoms with Crippen LogP contribution < -0.4 is 10.1 Å². The topological polar surface area (TPSA) is 58.6 Å². The molecule has 0 aliphatic carbocycles. The molecule has 0 aliphatic rings. The first-order valence-electron chi connectivity index (χ1n) is 9.73. The lowest BCUT2D eigenvalue weighted by Gasteiger charge is -2.28. The summed E-state index contributed by atoms with van der Waals surface area (Å²) in [7, 11) is 0. The molecule has 0 aromatic heterocycles. The second-order valence-corrected chi connectivity index (χ2v) is 7.08. The highest BCUT2D eigenvalue weighted by molar-refractivity contribution is 5.87. The van der Waals surface area contributed by atoms with Crippen LogP contribution in [0.3, 0.4) is 0 Å². The van der Waals surface area contributed by atoms with Crippen molar-refractivity contribution in [3.05, 3.63) is 65.2 Å². The van der Waals surface area contributed by atoms with Crippen molar-refractivity contribution in [3.8, 4) is 5.75 Å². The number of nitrogens with one attached hydrogen (secondary N) is 1. The van der Waals surface area contributed by atoms with Gasteiger partial charge in [-0.25, -0.2) is 0 Å². The minimum Gasteiger partial charge on any atom is -0.484 e. The Morgan fingerprint density at radius 2 is 1.79 bits per heavy atom. The molecule has 2 aromatic rings. The van der Waals surface area contributed by atoms with Crippen molar-refractivity contribution in [1.82, 2.24) is 10.2 Å². The lowest BCUT2D eigenvalue weighted by atomic mass is 10.1. The maximum absolute atomic E-state index is 12.9. The van der Waals surface area contributed by atoms with E-state index in [-0.39, 0.29) is 18.4 Å². The van der Waals surface area contributed by atoms with E-state index in [9.17, 15) is 9.59 Å². The first kappa shape index (κ1) is 21.5. The molecule has 0 spiro atoms. The zero-order valence-corrected chi connectivity index (χ0v) is 17.2. The van der Waals surface area contributed by atoms with E-state index in [0.29, 0.717) is 18.8 Å². The van der Waals surface area contributed by atoms with Crippen LogP contribution in [0.25, 0.3) is 0 Å². The van der Waals surface area contributed by atoms with Crippen LogP contribution in [0.1, 0.15) is 37.0 Å². The molecule has 2 rings (SSSR count). The number of benzene rings is 2. The van der Waals surface area contributed by atoms with E-state index in [4.69, 9.17) is 4.74 Å². The van der Waals surface area contributed by atoms with Crippen LogP contribution in [0.2, 0.25) is 0 Å². The van der Waals surface area contributed by atoms with Gasteiger partial charge in [-0.2, -0.15) is 0 Å². The Balaban J connectivity index is 2.11. The number of hydrogen-bond donors (Lipinski definition) is 1. The maximum atomic E-state index is 12.9. The van der Waals surface area contributed by atoms with Crippen molar-refractivity contribution < 1.29 is 14.3 Å². The van der Waals surface area contributed by atoms with Gasteiger partial charge >= 0.3 is 0 Å². The van der Waals surface area contributed by atoms with E-state index < -0.39 is 6.04 Å². The minimum absolute atomic E-state index is 0.110. The molecule has 0 saturated heterocycles.